The third kappa shape index (κ3) is 2.62. The van der Waals surface area contributed by atoms with Gasteiger partial charge in [-0.05, 0) is 12.1 Å². The van der Waals surface area contributed by atoms with Crippen molar-refractivity contribution in [3.8, 4) is 5.75 Å². The lowest BCUT2D eigenvalue weighted by molar-refractivity contribution is 0.224. The van der Waals surface area contributed by atoms with E-state index in [0.29, 0.717) is 16.1 Å². The molecule has 0 spiro atoms. The van der Waals surface area contributed by atoms with Crippen molar-refractivity contribution in [1.29, 1.82) is 0 Å². The van der Waals surface area contributed by atoms with Crippen molar-refractivity contribution in [2.75, 3.05) is 6.54 Å². The third-order valence-corrected chi connectivity index (χ3v) is 3.07. The highest BCUT2D eigenvalue weighted by molar-refractivity contribution is 6.35. The fourth-order valence-electron chi connectivity index (χ4n) is 1.83. The van der Waals surface area contributed by atoms with Crippen molar-refractivity contribution in [2.45, 2.75) is 32.4 Å². The van der Waals surface area contributed by atoms with E-state index >= 15 is 0 Å². The van der Waals surface area contributed by atoms with E-state index in [1.807, 2.05) is 6.07 Å². The first-order valence-corrected chi connectivity index (χ1v) is 6.20. The van der Waals surface area contributed by atoms with Crippen LogP contribution in [0.15, 0.2) is 12.1 Å². The monoisotopic (exact) mass is 259 g/mol. The van der Waals surface area contributed by atoms with Crippen LogP contribution in [0.4, 0.5) is 0 Å². The van der Waals surface area contributed by atoms with Crippen LogP contribution in [0.3, 0.4) is 0 Å². The molecule has 1 aliphatic heterocycles. The topological polar surface area (TPSA) is 21.3 Å². The fraction of sp³-hybridized carbons (Fsp3) is 0.500. The summed E-state index contributed by atoms with van der Waals surface area (Å²) in [6, 6.07) is 4.12. The Balaban J connectivity index is 2.06. The van der Waals surface area contributed by atoms with Gasteiger partial charge in [0, 0.05) is 29.6 Å². The molecule has 1 atom stereocenters. The second-order valence-electron chi connectivity index (χ2n) is 4.38. The van der Waals surface area contributed by atoms with Gasteiger partial charge < -0.3 is 10.1 Å². The number of ether oxygens (including phenoxy) is 1. The number of benzene rings is 1. The van der Waals surface area contributed by atoms with E-state index in [1.165, 1.54) is 0 Å². The minimum atomic E-state index is 0.161. The van der Waals surface area contributed by atoms with Crippen molar-refractivity contribution in [3.63, 3.8) is 0 Å². The summed E-state index contributed by atoms with van der Waals surface area (Å²) >= 11 is 12.0. The number of halogens is 2. The van der Waals surface area contributed by atoms with E-state index < -0.39 is 0 Å². The zero-order chi connectivity index (χ0) is 11.7. The van der Waals surface area contributed by atoms with Crippen LogP contribution >= 0.6 is 23.2 Å². The highest BCUT2D eigenvalue weighted by Crippen LogP contribution is 2.38. The molecular formula is C12H15Cl2NO. The number of nitrogens with one attached hydrogen (secondary N) is 1. The molecule has 0 saturated heterocycles. The fourth-order valence-corrected chi connectivity index (χ4v) is 2.41. The van der Waals surface area contributed by atoms with Gasteiger partial charge >= 0.3 is 0 Å². The van der Waals surface area contributed by atoms with Gasteiger partial charge in [-0.3, -0.25) is 0 Å². The summed E-state index contributed by atoms with van der Waals surface area (Å²) < 4.78 is 5.79. The maximum atomic E-state index is 6.07. The van der Waals surface area contributed by atoms with Gasteiger partial charge in [-0.2, -0.15) is 0 Å². The van der Waals surface area contributed by atoms with Crippen LogP contribution in [0.5, 0.6) is 5.75 Å². The summed E-state index contributed by atoms with van der Waals surface area (Å²) in [6.07, 6.45) is 1.03. The summed E-state index contributed by atoms with van der Waals surface area (Å²) in [7, 11) is 0. The molecule has 0 bridgehead atoms. The van der Waals surface area contributed by atoms with Crippen LogP contribution in [0.1, 0.15) is 19.4 Å². The maximum Gasteiger partial charge on any atom is 0.141 e. The maximum absolute atomic E-state index is 6.07. The molecule has 1 N–H and O–H groups in total. The highest BCUT2D eigenvalue weighted by Gasteiger charge is 2.25. The van der Waals surface area contributed by atoms with Gasteiger partial charge in [-0.15, -0.1) is 0 Å². The lowest BCUT2D eigenvalue weighted by Crippen LogP contribution is -2.34. The largest absolute Gasteiger partial charge is 0.487 e. The molecule has 1 aliphatic rings. The molecule has 1 aromatic carbocycles. The van der Waals surface area contributed by atoms with Crippen LogP contribution in [-0.4, -0.2) is 18.7 Å². The highest BCUT2D eigenvalue weighted by atomic mass is 35.5. The zero-order valence-electron chi connectivity index (χ0n) is 9.39. The summed E-state index contributed by atoms with van der Waals surface area (Å²) in [4.78, 5) is 0. The van der Waals surface area contributed by atoms with Crippen LogP contribution in [0.2, 0.25) is 10.0 Å². The Kier molecular flexibility index (Phi) is 3.63. The van der Waals surface area contributed by atoms with E-state index in [1.54, 1.807) is 6.07 Å². The van der Waals surface area contributed by atoms with E-state index in [0.717, 1.165) is 24.3 Å². The molecular weight excluding hydrogens is 245 g/mol. The first kappa shape index (κ1) is 12.0. The van der Waals surface area contributed by atoms with Gasteiger partial charge in [0.05, 0.1) is 5.02 Å². The molecule has 2 rings (SSSR count). The Morgan fingerprint density at radius 1 is 1.44 bits per heavy atom. The van der Waals surface area contributed by atoms with Gasteiger partial charge in [0.15, 0.2) is 0 Å². The van der Waals surface area contributed by atoms with Gasteiger partial charge in [0.1, 0.15) is 11.9 Å². The van der Waals surface area contributed by atoms with E-state index in [9.17, 15) is 0 Å². The average molecular weight is 260 g/mol. The van der Waals surface area contributed by atoms with Crippen LogP contribution < -0.4 is 10.1 Å². The predicted octanol–water partition coefficient (Wildman–Crippen LogP) is 3.29. The molecule has 88 valence electrons. The molecule has 0 fully saturated rings. The summed E-state index contributed by atoms with van der Waals surface area (Å²) in [5.74, 6) is 0.793. The number of fused-ring (bicyclic) bond motifs is 1. The first-order valence-electron chi connectivity index (χ1n) is 5.44. The smallest absolute Gasteiger partial charge is 0.141 e. The molecule has 1 aromatic rings. The summed E-state index contributed by atoms with van der Waals surface area (Å²) in [6.45, 7) is 5.07. The molecule has 2 nitrogen and oxygen atoms in total. The molecule has 0 radical (unpaired) electrons. The number of rotatable bonds is 3. The van der Waals surface area contributed by atoms with Gasteiger partial charge in [0.25, 0.3) is 0 Å². The number of hydrogen-bond acceptors (Lipinski definition) is 2. The normalized spacial score (nSPS) is 18.7. The molecule has 16 heavy (non-hydrogen) atoms. The molecule has 0 aromatic heterocycles. The summed E-state index contributed by atoms with van der Waals surface area (Å²) in [5.41, 5.74) is 1.10. The van der Waals surface area contributed by atoms with Gasteiger partial charge in [-0.25, -0.2) is 0 Å². The van der Waals surface area contributed by atoms with Gasteiger partial charge in [0.2, 0.25) is 0 Å². The first-order chi connectivity index (χ1) is 7.56. The molecule has 0 aliphatic carbocycles. The van der Waals surface area contributed by atoms with Crippen molar-refractivity contribution < 1.29 is 4.74 Å². The minimum absolute atomic E-state index is 0.161. The SMILES string of the molecule is CC(C)NC[C@@H]1Cc2cc(Cl)cc(Cl)c2O1. The van der Waals surface area contributed by atoms with Crippen molar-refractivity contribution in [1.82, 2.24) is 5.32 Å². The quantitative estimate of drug-likeness (QED) is 0.900. The third-order valence-electron chi connectivity index (χ3n) is 2.57. The van der Waals surface area contributed by atoms with Crippen LogP contribution in [0, 0.1) is 0 Å². The standard InChI is InChI=1S/C12H15Cl2NO/c1-7(2)15-6-10-4-8-3-9(13)5-11(14)12(8)16-10/h3,5,7,10,15H,4,6H2,1-2H3/t10-/m0/s1. The molecule has 4 heteroatoms. The predicted molar refractivity (Wildman–Crippen MR) is 67.7 cm³/mol. The molecule has 0 saturated carbocycles. The van der Waals surface area contributed by atoms with Crippen LogP contribution in [0.25, 0.3) is 0 Å². The summed E-state index contributed by atoms with van der Waals surface area (Å²) in [5, 5.41) is 4.63. The van der Waals surface area contributed by atoms with Crippen molar-refractivity contribution in [2.24, 2.45) is 0 Å². The second-order valence-corrected chi connectivity index (χ2v) is 5.23. The lowest BCUT2D eigenvalue weighted by Gasteiger charge is -2.14. The Labute approximate surface area is 106 Å². The Bertz CT molecular complexity index is 393. The Hall–Kier alpha value is -0.440. The molecule has 1 heterocycles. The average Bonchev–Trinajstić information content (AvgIpc) is 2.57. The van der Waals surface area contributed by atoms with Crippen molar-refractivity contribution in [3.05, 3.63) is 27.7 Å². The molecule has 0 unspecified atom stereocenters. The minimum Gasteiger partial charge on any atom is -0.487 e. The second kappa shape index (κ2) is 4.82. The Morgan fingerprint density at radius 2 is 2.19 bits per heavy atom. The van der Waals surface area contributed by atoms with E-state index in [2.05, 4.69) is 19.2 Å². The Morgan fingerprint density at radius 3 is 2.88 bits per heavy atom. The van der Waals surface area contributed by atoms with E-state index in [4.69, 9.17) is 27.9 Å². The lowest BCUT2D eigenvalue weighted by atomic mass is 10.1. The number of hydrogen-bond donors (Lipinski definition) is 1. The van der Waals surface area contributed by atoms with Crippen LogP contribution in [-0.2, 0) is 6.42 Å². The zero-order valence-corrected chi connectivity index (χ0v) is 10.9. The van der Waals surface area contributed by atoms with E-state index in [-0.39, 0.29) is 6.10 Å². The van der Waals surface area contributed by atoms with Gasteiger partial charge in [-0.1, -0.05) is 37.0 Å². The molecule has 0 amide bonds. The van der Waals surface area contributed by atoms with Crippen molar-refractivity contribution >= 4 is 23.2 Å².